The molecule has 0 spiro atoms. The predicted octanol–water partition coefficient (Wildman–Crippen LogP) is 22.6. The number of benzene rings is 3. The third-order valence-corrected chi connectivity index (χ3v) is 23.5. The van der Waals surface area contributed by atoms with E-state index in [1.165, 1.54) is 27.9 Å². The zero-order chi connectivity index (χ0) is 89.7. The van der Waals surface area contributed by atoms with Crippen LogP contribution in [-0.4, -0.2) is 168 Å². The van der Waals surface area contributed by atoms with Gasteiger partial charge in [-0.1, -0.05) is 167 Å². The summed E-state index contributed by atoms with van der Waals surface area (Å²) in [6.07, 6.45) is 34.4. The lowest BCUT2D eigenvalue weighted by molar-refractivity contribution is 0.0285. The van der Waals surface area contributed by atoms with Crippen molar-refractivity contribution < 1.29 is 28.6 Å². The van der Waals surface area contributed by atoms with Gasteiger partial charge in [0.1, 0.15) is 60.2 Å². The van der Waals surface area contributed by atoms with E-state index in [2.05, 4.69) is 238 Å². The van der Waals surface area contributed by atoms with Crippen molar-refractivity contribution in [2.24, 2.45) is 0 Å². The van der Waals surface area contributed by atoms with E-state index in [0.29, 0.717) is 44.5 Å². The number of carbonyl (C=O) groups is 3. The molecule has 3 amide bonds. The number of hydrogen-bond acceptors (Lipinski definition) is 16. The highest BCUT2D eigenvalue weighted by Crippen LogP contribution is 2.34. The van der Waals surface area contributed by atoms with E-state index < -0.39 is 16.8 Å². The number of nitrogens with zero attached hydrogens (tertiary/aromatic N) is 18. The third-order valence-electron chi connectivity index (χ3n) is 20.7. The second-order valence-corrected chi connectivity index (χ2v) is 38.2. The molecule has 30 heteroatoms. The molecule has 3 aromatic carbocycles. The first kappa shape index (κ1) is 91.2. The van der Waals surface area contributed by atoms with E-state index in [9.17, 15) is 14.4 Å². The molecule has 127 heavy (non-hydrogen) atoms. The minimum Gasteiger partial charge on any atom is -0.444 e. The average Bonchev–Trinajstić information content (AvgIpc) is 1.66. The van der Waals surface area contributed by atoms with E-state index in [1.807, 2.05) is 239 Å². The Morgan fingerprint density at radius 1 is 0.409 bits per heavy atom. The van der Waals surface area contributed by atoms with E-state index in [4.69, 9.17) is 25.2 Å². The number of amides is 3. The summed E-state index contributed by atoms with van der Waals surface area (Å²) in [5.41, 5.74) is 23.0. The number of hydrogen-bond donors (Lipinski definition) is 1. The van der Waals surface area contributed by atoms with Crippen molar-refractivity contribution in [3.8, 4) is 39.6 Å². The second kappa shape index (κ2) is 40.7. The van der Waals surface area contributed by atoms with Crippen LogP contribution in [0.25, 0.3) is 78.4 Å². The molecule has 650 valence electrons. The zero-order valence-electron chi connectivity index (χ0n) is 71.7. The summed E-state index contributed by atoms with van der Waals surface area (Å²) in [7, 11) is 0. The number of fused-ring (bicyclic) bond motifs is 6. The fourth-order valence-corrected chi connectivity index (χ4v) is 16.5. The van der Waals surface area contributed by atoms with Gasteiger partial charge in [-0.3, -0.25) is 13.2 Å². The largest absolute Gasteiger partial charge is 0.444 e. The number of pyridine rings is 7. The Balaban J connectivity index is 0.000000124. The summed E-state index contributed by atoms with van der Waals surface area (Å²) >= 11 is 15.7. The maximum absolute atomic E-state index is 12.3. The number of nitrogens with two attached hydrogens (primary N) is 1. The Hall–Kier alpha value is -12.0. The number of imidazole rings is 6. The smallest absolute Gasteiger partial charge is 0.410 e. The lowest BCUT2D eigenvalue weighted by Gasteiger charge is -2.24. The molecule has 2 N–H and O–H groups in total. The van der Waals surface area contributed by atoms with E-state index >= 15 is 0 Å². The second-order valence-electron chi connectivity index (χ2n) is 33.5. The van der Waals surface area contributed by atoms with Gasteiger partial charge in [-0.25, -0.2) is 49.3 Å². The van der Waals surface area contributed by atoms with Gasteiger partial charge in [0.2, 0.25) is 0 Å². The van der Waals surface area contributed by atoms with Crippen molar-refractivity contribution in [2.75, 3.05) is 58.1 Å². The molecule has 17 heterocycles. The van der Waals surface area contributed by atoms with Gasteiger partial charge >= 0.3 is 18.3 Å². The van der Waals surface area contributed by atoms with Gasteiger partial charge in [-0.2, -0.15) is 5.26 Å². The van der Waals surface area contributed by atoms with Crippen LogP contribution in [0, 0.1) is 15.2 Å². The SMILES string of the molecule is Brc1ccn2c(I)cnc2c1.Brc1ccn2ccnc2c1.CC(C)(C)OC(=O)N1CC=C(c2cnc3cc(-c4ccccc4)ccn23)C1.CC(C)(C)OC(=O)N1CC=C(c2cnc3cc(Br)ccn23)C1.CC(C)(C)OC(=O)N1CCC(c2cnc3cc(-c4ccccc4)ccn23)C1.N#CN1CCC(c2cnc3cc(-c4ccccc4)ccn23)C1.Nc1cc(Br)ccn1. The molecule has 2 fully saturated rings. The Labute approximate surface area is 784 Å². The van der Waals surface area contributed by atoms with Gasteiger partial charge in [0.05, 0.1) is 43.1 Å². The molecule has 0 aliphatic carbocycles. The van der Waals surface area contributed by atoms with Gasteiger partial charge in [-0.15, -0.1) is 0 Å². The van der Waals surface area contributed by atoms with Crippen LogP contribution in [0.2, 0.25) is 0 Å². The number of aromatic nitrogens is 13. The monoisotopic (exact) mass is 2070 g/mol. The highest BCUT2D eigenvalue weighted by molar-refractivity contribution is 14.1. The summed E-state index contributed by atoms with van der Waals surface area (Å²) in [6, 6.07) is 59.0. The van der Waals surface area contributed by atoms with Crippen LogP contribution < -0.4 is 5.73 Å². The summed E-state index contributed by atoms with van der Waals surface area (Å²) < 4.78 is 34.0. The molecule has 13 aromatic heterocycles. The van der Waals surface area contributed by atoms with Crippen LogP contribution in [0.3, 0.4) is 0 Å². The molecule has 4 aliphatic rings. The number of carbonyl (C=O) groups excluding carboxylic acids is 3. The number of rotatable bonds is 7. The van der Waals surface area contributed by atoms with Gasteiger partial charge in [0.25, 0.3) is 0 Å². The summed E-state index contributed by atoms with van der Waals surface area (Å²) in [6.45, 7) is 22.2. The number of halogens is 5. The molecule has 2 unspecified atom stereocenters. The predicted molar refractivity (Wildman–Crippen MR) is 521 cm³/mol. The molecule has 0 radical (unpaired) electrons. The van der Waals surface area contributed by atoms with Crippen molar-refractivity contribution in [2.45, 2.75) is 104 Å². The lowest BCUT2D eigenvalue weighted by Crippen LogP contribution is -2.35. The van der Waals surface area contributed by atoms with Crippen LogP contribution in [0.15, 0.2) is 293 Å². The van der Waals surface area contributed by atoms with Crippen molar-refractivity contribution >= 4 is 155 Å². The van der Waals surface area contributed by atoms with Crippen molar-refractivity contribution in [1.82, 2.24) is 80.9 Å². The fraction of sp³-hybridized carbons (Fsp3) is 0.247. The van der Waals surface area contributed by atoms with Crippen molar-refractivity contribution in [3.05, 3.63) is 319 Å². The van der Waals surface area contributed by atoms with Crippen LogP contribution in [0.1, 0.15) is 110 Å². The molecular formula is C97H96Br4IN19O6. The molecule has 20 rings (SSSR count). The fourth-order valence-electron chi connectivity index (χ4n) is 14.7. The Morgan fingerprint density at radius 2 is 0.803 bits per heavy atom. The molecule has 16 aromatic rings. The van der Waals surface area contributed by atoms with E-state index in [0.717, 1.165) is 127 Å². The molecule has 0 bridgehead atoms. The average molecular weight is 2070 g/mol. The lowest BCUT2D eigenvalue weighted by atomic mass is 10.1. The number of anilines is 1. The zero-order valence-corrected chi connectivity index (χ0v) is 80.2. The Kier molecular flexibility index (Phi) is 29.3. The quantitative estimate of drug-likeness (QED) is 0.0883. The van der Waals surface area contributed by atoms with Crippen LogP contribution >= 0.6 is 86.3 Å². The number of ether oxygens (including phenoxy) is 3. The molecule has 25 nitrogen and oxygen atoms in total. The third kappa shape index (κ3) is 24.0. The molecule has 4 aliphatic heterocycles. The van der Waals surface area contributed by atoms with Crippen molar-refractivity contribution in [3.63, 3.8) is 0 Å². The van der Waals surface area contributed by atoms with Gasteiger partial charge in [0, 0.05) is 149 Å². The maximum Gasteiger partial charge on any atom is 0.410 e. The maximum atomic E-state index is 12.3. The summed E-state index contributed by atoms with van der Waals surface area (Å²) in [5, 5.41) is 9.01. The highest BCUT2D eigenvalue weighted by atomic mass is 127. The highest BCUT2D eigenvalue weighted by Gasteiger charge is 2.34. The minimum atomic E-state index is -0.489. The topological polar surface area (TPSA) is 258 Å². The van der Waals surface area contributed by atoms with Gasteiger partial charge in [-0.05, 0) is 227 Å². The van der Waals surface area contributed by atoms with Crippen molar-refractivity contribution in [1.29, 1.82) is 5.26 Å². The van der Waals surface area contributed by atoms with Gasteiger partial charge in [0.15, 0.2) is 6.19 Å². The first-order valence-corrected chi connectivity index (χ1v) is 45.6. The number of nitriles is 1. The normalized spacial score (nSPS) is 14.8. The molecule has 2 saturated heterocycles. The number of likely N-dealkylation sites (tertiary alicyclic amines) is 2. The first-order chi connectivity index (χ1) is 60.9. The summed E-state index contributed by atoms with van der Waals surface area (Å²) in [5.74, 6) is 1.20. The van der Waals surface area contributed by atoms with Crippen LogP contribution in [0.4, 0.5) is 20.2 Å². The standard InChI is InChI=1S/C22H25N3O2.C22H23N3O2.C18H16N4.C16H18BrN3O2.C7H4BrIN2.C7H5BrN2.C5H5BrN2/c2*1-22(2,3)27-21(26)24-11-9-18(15-24)19-14-23-20-13-17(10-12-25(19)20)16-7-5-4-6-8-16;19-13-21-8-6-16(12-21)17-11-20-18-10-15(7-9-22(17)18)14-4-2-1-3-5-14;1-16(2,3)22-15(21)19-6-4-11(10-19)13-9-18-14-8-12(17)5-7-20(13)14;8-5-1-2-11-6(9)4-10-7(11)3-5;8-6-1-3-10-4-2-9-7(10)5-6;6-4-1-2-8-5(7)3-4/h4-8,10,12-14,18H,9,11,15H2,1-3H3;4-10,12-14H,11,15H2,1-3H3;1-5,7,9-11,16H,6,8,12H2;4-5,7-9H,6,10H2,1-3H3;1-4H;1-5H;1-3H,(H2,7,8). The Morgan fingerprint density at radius 3 is 1.26 bits per heavy atom. The van der Waals surface area contributed by atoms with Crippen LogP contribution in [-0.2, 0) is 14.2 Å². The summed E-state index contributed by atoms with van der Waals surface area (Å²) in [4.78, 5) is 74.0. The number of nitrogen functional groups attached to an aromatic ring is 1. The van der Waals surface area contributed by atoms with E-state index in [-0.39, 0.29) is 24.2 Å². The van der Waals surface area contributed by atoms with Gasteiger partial charge < -0.3 is 52.7 Å². The Bertz CT molecular complexity index is 6620. The van der Waals surface area contributed by atoms with E-state index in [1.54, 1.807) is 33.2 Å². The first-order valence-electron chi connectivity index (χ1n) is 41.3. The van der Waals surface area contributed by atoms with Crippen LogP contribution in [0.5, 0.6) is 0 Å². The molecular weight excluding hydrogens is 1970 g/mol. The molecule has 0 saturated carbocycles. The molecule has 2 atom stereocenters. The minimum absolute atomic E-state index is 0.231.